The number of hydrogen-bond donors (Lipinski definition) is 2. The van der Waals surface area contributed by atoms with E-state index in [0.29, 0.717) is 18.5 Å². The van der Waals surface area contributed by atoms with Gasteiger partial charge in [0.15, 0.2) is 12.1 Å². The van der Waals surface area contributed by atoms with Crippen molar-refractivity contribution in [3.05, 3.63) is 0 Å². The molecule has 86 valence electrons. The molecule has 2 atom stereocenters. The van der Waals surface area contributed by atoms with Crippen LogP contribution in [0.3, 0.4) is 0 Å². The van der Waals surface area contributed by atoms with Gasteiger partial charge < -0.3 is 20.1 Å². The van der Waals surface area contributed by atoms with Gasteiger partial charge in [-0.15, -0.1) is 0 Å². The molecule has 0 radical (unpaired) electrons. The van der Waals surface area contributed by atoms with Gasteiger partial charge in [-0.05, 0) is 6.92 Å². The molecule has 0 bridgehead atoms. The van der Waals surface area contributed by atoms with Gasteiger partial charge in [0.2, 0.25) is 0 Å². The van der Waals surface area contributed by atoms with Gasteiger partial charge in [0, 0.05) is 13.2 Å². The summed E-state index contributed by atoms with van der Waals surface area (Å²) in [5, 5.41) is 6.11. The van der Waals surface area contributed by atoms with Crippen LogP contribution < -0.4 is 10.6 Å². The zero-order chi connectivity index (χ0) is 11.3. The van der Waals surface area contributed by atoms with Gasteiger partial charge in [0.05, 0.1) is 20.2 Å². The monoisotopic (exact) mass is 215 g/mol. The first kappa shape index (κ1) is 11.8. The maximum Gasteiger partial charge on any atom is 0.336 e. The van der Waals surface area contributed by atoms with E-state index in [4.69, 9.17) is 4.74 Å². The molecular weight excluding hydrogens is 198 g/mol. The standard InChI is InChI=1S/C9H17N3O3/c1-6-4-10-9(12-6)11-5-7(14-2)8(13)15-3/h6-7H,4-5H2,1-3H3,(H2,10,11,12). The van der Waals surface area contributed by atoms with Crippen LogP contribution in [0.2, 0.25) is 0 Å². The quantitative estimate of drug-likeness (QED) is 0.595. The van der Waals surface area contributed by atoms with E-state index in [1.807, 2.05) is 6.92 Å². The second-order valence-electron chi connectivity index (χ2n) is 3.36. The molecule has 1 aliphatic heterocycles. The maximum absolute atomic E-state index is 11.2. The number of carbonyl (C=O) groups excluding carboxylic acids is 1. The van der Waals surface area contributed by atoms with Crippen LogP contribution in [0.15, 0.2) is 4.99 Å². The molecule has 6 nitrogen and oxygen atoms in total. The second kappa shape index (κ2) is 5.55. The van der Waals surface area contributed by atoms with Crippen LogP contribution in [0.1, 0.15) is 6.92 Å². The Morgan fingerprint density at radius 3 is 2.93 bits per heavy atom. The summed E-state index contributed by atoms with van der Waals surface area (Å²) >= 11 is 0. The summed E-state index contributed by atoms with van der Waals surface area (Å²) in [7, 11) is 2.80. The molecular formula is C9H17N3O3. The van der Waals surface area contributed by atoms with E-state index in [9.17, 15) is 4.79 Å². The molecule has 0 saturated carbocycles. The number of ether oxygens (including phenoxy) is 2. The minimum atomic E-state index is -0.601. The number of guanidine groups is 1. The van der Waals surface area contributed by atoms with Crippen LogP contribution in [0.25, 0.3) is 0 Å². The third kappa shape index (κ3) is 3.39. The Labute approximate surface area is 89.0 Å². The van der Waals surface area contributed by atoms with Crippen molar-refractivity contribution in [1.29, 1.82) is 0 Å². The van der Waals surface area contributed by atoms with Crippen LogP contribution >= 0.6 is 0 Å². The maximum atomic E-state index is 11.2. The van der Waals surface area contributed by atoms with Crippen molar-refractivity contribution < 1.29 is 14.3 Å². The highest BCUT2D eigenvalue weighted by Crippen LogP contribution is 1.95. The Morgan fingerprint density at radius 2 is 2.47 bits per heavy atom. The summed E-state index contributed by atoms with van der Waals surface area (Å²) in [6.07, 6.45) is -0.601. The highest BCUT2D eigenvalue weighted by atomic mass is 16.6. The van der Waals surface area contributed by atoms with E-state index in [1.54, 1.807) is 0 Å². The third-order valence-electron chi connectivity index (χ3n) is 2.11. The van der Waals surface area contributed by atoms with Crippen molar-refractivity contribution >= 4 is 11.9 Å². The Morgan fingerprint density at radius 1 is 1.73 bits per heavy atom. The van der Waals surface area contributed by atoms with Gasteiger partial charge in [-0.25, -0.2) is 4.79 Å². The molecule has 0 aromatic carbocycles. The Bertz CT molecular complexity index is 255. The van der Waals surface area contributed by atoms with Gasteiger partial charge in [-0.2, -0.15) is 0 Å². The molecule has 0 aromatic rings. The largest absolute Gasteiger partial charge is 0.467 e. The van der Waals surface area contributed by atoms with Gasteiger partial charge >= 0.3 is 5.97 Å². The fourth-order valence-electron chi connectivity index (χ4n) is 1.24. The van der Waals surface area contributed by atoms with Gasteiger partial charge in [-0.1, -0.05) is 0 Å². The Hall–Kier alpha value is -1.30. The van der Waals surface area contributed by atoms with Crippen molar-refractivity contribution in [2.75, 3.05) is 27.3 Å². The highest BCUT2D eigenvalue weighted by Gasteiger charge is 2.20. The van der Waals surface area contributed by atoms with Gasteiger partial charge in [-0.3, -0.25) is 4.99 Å². The molecule has 0 amide bonds. The minimum absolute atomic E-state index is 0.339. The van der Waals surface area contributed by atoms with Crippen LogP contribution in [0.4, 0.5) is 0 Å². The topological polar surface area (TPSA) is 72.0 Å². The van der Waals surface area contributed by atoms with Gasteiger partial charge in [0.25, 0.3) is 0 Å². The molecule has 0 saturated heterocycles. The molecule has 2 unspecified atom stereocenters. The summed E-state index contributed by atoms with van der Waals surface area (Å²) in [6.45, 7) is 3.13. The van der Waals surface area contributed by atoms with Crippen LogP contribution in [-0.2, 0) is 14.3 Å². The zero-order valence-electron chi connectivity index (χ0n) is 9.24. The second-order valence-corrected chi connectivity index (χ2v) is 3.36. The van der Waals surface area contributed by atoms with E-state index >= 15 is 0 Å². The predicted octanol–water partition coefficient (Wildman–Crippen LogP) is -0.888. The average Bonchev–Trinajstić information content (AvgIpc) is 2.64. The molecule has 0 aliphatic carbocycles. The predicted molar refractivity (Wildman–Crippen MR) is 55.7 cm³/mol. The van der Waals surface area contributed by atoms with E-state index in [0.717, 1.165) is 6.54 Å². The van der Waals surface area contributed by atoms with E-state index < -0.39 is 12.1 Å². The van der Waals surface area contributed by atoms with Crippen molar-refractivity contribution in [2.45, 2.75) is 19.1 Å². The number of methoxy groups -OCH3 is 2. The number of rotatable bonds is 4. The third-order valence-corrected chi connectivity index (χ3v) is 2.11. The lowest BCUT2D eigenvalue weighted by molar-refractivity contribution is -0.151. The lowest BCUT2D eigenvalue weighted by Crippen LogP contribution is -2.43. The molecule has 1 heterocycles. The Kier molecular flexibility index (Phi) is 4.36. The highest BCUT2D eigenvalue weighted by molar-refractivity contribution is 5.82. The zero-order valence-corrected chi connectivity index (χ0v) is 9.24. The lowest BCUT2D eigenvalue weighted by atomic mass is 10.3. The van der Waals surface area contributed by atoms with Crippen molar-refractivity contribution in [3.63, 3.8) is 0 Å². The smallest absolute Gasteiger partial charge is 0.336 e. The minimum Gasteiger partial charge on any atom is -0.467 e. The van der Waals surface area contributed by atoms with Crippen LogP contribution in [0.5, 0.6) is 0 Å². The van der Waals surface area contributed by atoms with Crippen molar-refractivity contribution in [3.8, 4) is 0 Å². The molecule has 2 N–H and O–H groups in total. The van der Waals surface area contributed by atoms with E-state index in [-0.39, 0.29) is 0 Å². The molecule has 0 fully saturated rings. The molecule has 6 heteroatoms. The fraction of sp³-hybridized carbons (Fsp3) is 0.778. The molecule has 1 aliphatic rings. The summed E-state index contributed by atoms with van der Waals surface area (Å²) in [5.74, 6) is 0.310. The summed E-state index contributed by atoms with van der Waals surface area (Å²) in [4.78, 5) is 15.4. The number of nitrogens with zero attached hydrogens (tertiary/aromatic N) is 1. The van der Waals surface area contributed by atoms with Gasteiger partial charge in [0.1, 0.15) is 0 Å². The summed E-state index contributed by atoms with van der Waals surface area (Å²) in [5.41, 5.74) is 0. The fourth-order valence-corrected chi connectivity index (χ4v) is 1.24. The number of hydrogen-bond acceptors (Lipinski definition) is 6. The average molecular weight is 215 g/mol. The van der Waals surface area contributed by atoms with E-state index in [2.05, 4.69) is 20.4 Å². The molecule has 0 spiro atoms. The van der Waals surface area contributed by atoms with Crippen LogP contribution in [0, 0.1) is 0 Å². The summed E-state index contributed by atoms with van der Waals surface area (Å²) < 4.78 is 9.55. The Balaban J connectivity index is 2.31. The molecule has 1 rings (SSSR count). The van der Waals surface area contributed by atoms with Crippen molar-refractivity contribution in [1.82, 2.24) is 10.6 Å². The lowest BCUT2D eigenvalue weighted by Gasteiger charge is -2.14. The van der Waals surface area contributed by atoms with Crippen LogP contribution in [-0.4, -0.2) is 51.4 Å². The normalized spacial score (nSPS) is 21.5. The number of carbonyl (C=O) groups is 1. The first-order valence-electron chi connectivity index (χ1n) is 4.83. The number of esters is 1. The molecule has 0 aromatic heterocycles. The first-order chi connectivity index (χ1) is 7.17. The summed E-state index contributed by atoms with van der Waals surface area (Å²) in [6, 6.07) is 0.339. The van der Waals surface area contributed by atoms with Crippen molar-refractivity contribution in [2.24, 2.45) is 4.99 Å². The number of aliphatic imine (C=N–C) groups is 1. The SMILES string of the molecule is COC(=O)C(CNC1=NCC(C)N1)OC. The molecule has 15 heavy (non-hydrogen) atoms. The first-order valence-corrected chi connectivity index (χ1v) is 4.83. The number of nitrogens with one attached hydrogen (secondary N) is 2. The van der Waals surface area contributed by atoms with E-state index in [1.165, 1.54) is 14.2 Å².